The van der Waals surface area contributed by atoms with Gasteiger partial charge in [-0.1, -0.05) is 0 Å². The van der Waals surface area contributed by atoms with Gasteiger partial charge in [0.25, 0.3) is 0 Å². The zero-order valence-corrected chi connectivity index (χ0v) is 13.3. The van der Waals surface area contributed by atoms with E-state index in [1.165, 1.54) is 48.9 Å². The van der Waals surface area contributed by atoms with Crippen molar-refractivity contribution in [2.24, 2.45) is 0 Å². The van der Waals surface area contributed by atoms with E-state index in [0.717, 1.165) is 17.9 Å². The topological polar surface area (TPSA) is 41.0 Å². The number of rotatable bonds is 2. The maximum absolute atomic E-state index is 4.66. The van der Waals surface area contributed by atoms with Gasteiger partial charge in [0, 0.05) is 18.6 Å². The lowest BCUT2D eigenvalue weighted by molar-refractivity contribution is 0.377. The van der Waals surface area contributed by atoms with E-state index in [4.69, 9.17) is 0 Å². The molecule has 4 heterocycles. The molecule has 21 heavy (non-hydrogen) atoms. The number of aromatic nitrogens is 2. The highest BCUT2D eigenvalue weighted by molar-refractivity contribution is 7.18. The standard InChI is InChI=1S/C16H22N4S/c1-11-9-21-15-14(11)18-10-19-16(15)20-8-3-2-6-13(20)12-5-4-7-17-12/h9-10,12-13,17H,2-8H2,1H3. The van der Waals surface area contributed by atoms with Gasteiger partial charge in [-0.25, -0.2) is 9.97 Å². The third-order valence-corrected chi connectivity index (χ3v) is 5.98. The van der Waals surface area contributed by atoms with Gasteiger partial charge in [0.05, 0.1) is 10.2 Å². The van der Waals surface area contributed by atoms with Crippen LogP contribution in [0.4, 0.5) is 5.82 Å². The van der Waals surface area contributed by atoms with Crippen molar-refractivity contribution in [3.63, 3.8) is 0 Å². The maximum atomic E-state index is 4.66. The van der Waals surface area contributed by atoms with Crippen molar-refractivity contribution in [3.8, 4) is 0 Å². The Morgan fingerprint density at radius 1 is 1.24 bits per heavy atom. The molecule has 2 aliphatic rings. The molecule has 5 heteroatoms. The predicted molar refractivity (Wildman–Crippen MR) is 88.2 cm³/mol. The molecule has 0 bridgehead atoms. The smallest absolute Gasteiger partial charge is 0.150 e. The Kier molecular flexibility index (Phi) is 3.55. The summed E-state index contributed by atoms with van der Waals surface area (Å²) in [7, 11) is 0. The largest absolute Gasteiger partial charge is 0.351 e. The van der Waals surface area contributed by atoms with Crippen LogP contribution in [0, 0.1) is 6.92 Å². The lowest BCUT2D eigenvalue weighted by atomic mass is 9.94. The Morgan fingerprint density at radius 2 is 2.19 bits per heavy atom. The van der Waals surface area contributed by atoms with Crippen molar-refractivity contribution in [1.29, 1.82) is 0 Å². The number of fused-ring (bicyclic) bond motifs is 1. The molecule has 0 saturated carbocycles. The quantitative estimate of drug-likeness (QED) is 0.925. The first-order valence-corrected chi connectivity index (χ1v) is 8.91. The monoisotopic (exact) mass is 302 g/mol. The van der Waals surface area contributed by atoms with Crippen LogP contribution in [-0.2, 0) is 0 Å². The highest BCUT2D eigenvalue weighted by Crippen LogP contribution is 2.35. The summed E-state index contributed by atoms with van der Waals surface area (Å²) in [6.45, 7) is 4.44. The maximum Gasteiger partial charge on any atom is 0.150 e. The third-order valence-electron chi connectivity index (χ3n) is 4.90. The number of thiophene rings is 1. The number of nitrogens with one attached hydrogen (secondary N) is 1. The summed E-state index contributed by atoms with van der Waals surface area (Å²) >= 11 is 1.79. The van der Waals surface area contributed by atoms with Crippen molar-refractivity contribution in [1.82, 2.24) is 15.3 Å². The van der Waals surface area contributed by atoms with Gasteiger partial charge in [-0.05, 0) is 56.5 Å². The summed E-state index contributed by atoms with van der Waals surface area (Å²) in [4.78, 5) is 11.7. The van der Waals surface area contributed by atoms with Gasteiger partial charge in [-0.3, -0.25) is 0 Å². The van der Waals surface area contributed by atoms with Crippen LogP contribution in [0.3, 0.4) is 0 Å². The molecule has 0 aliphatic carbocycles. The molecule has 2 atom stereocenters. The van der Waals surface area contributed by atoms with Gasteiger partial charge >= 0.3 is 0 Å². The predicted octanol–water partition coefficient (Wildman–Crippen LogP) is 3.11. The molecule has 2 fully saturated rings. The van der Waals surface area contributed by atoms with E-state index in [2.05, 4.69) is 32.5 Å². The minimum Gasteiger partial charge on any atom is -0.351 e. The van der Waals surface area contributed by atoms with Crippen molar-refractivity contribution < 1.29 is 0 Å². The molecule has 0 radical (unpaired) electrons. The van der Waals surface area contributed by atoms with Crippen LogP contribution in [0.25, 0.3) is 10.2 Å². The zero-order chi connectivity index (χ0) is 14.2. The first-order chi connectivity index (χ1) is 10.3. The minimum absolute atomic E-state index is 0.599. The molecular formula is C16H22N4S. The fraction of sp³-hybridized carbons (Fsp3) is 0.625. The molecule has 2 saturated heterocycles. The van der Waals surface area contributed by atoms with Crippen molar-refractivity contribution in [2.45, 2.75) is 51.1 Å². The second-order valence-corrected chi connectivity index (χ2v) is 7.13. The van der Waals surface area contributed by atoms with E-state index in [1.807, 2.05) is 0 Å². The van der Waals surface area contributed by atoms with E-state index in [1.54, 1.807) is 17.7 Å². The lowest BCUT2D eigenvalue weighted by Gasteiger charge is -2.40. The Morgan fingerprint density at radius 3 is 3.05 bits per heavy atom. The van der Waals surface area contributed by atoms with Gasteiger partial charge in [-0.15, -0.1) is 11.3 Å². The normalized spacial score (nSPS) is 26.6. The summed E-state index contributed by atoms with van der Waals surface area (Å²) in [6.07, 6.45) is 8.26. The molecule has 2 aliphatic heterocycles. The van der Waals surface area contributed by atoms with Crippen LogP contribution in [-0.4, -0.2) is 35.1 Å². The van der Waals surface area contributed by atoms with E-state index in [-0.39, 0.29) is 0 Å². The minimum atomic E-state index is 0.599. The van der Waals surface area contributed by atoms with Gasteiger partial charge in [0.15, 0.2) is 0 Å². The molecule has 2 aromatic rings. The van der Waals surface area contributed by atoms with Crippen LogP contribution in [0.1, 0.15) is 37.7 Å². The number of nitrogens with zero attached hydrogens (tertiary/aromatic N) is 3. The number of hydrogen-bond donors (Lipinski definition) is 1. The average Bonchev–Trinajstić information content (AvgIpc) is 3.18. The third kappa shape index (κ3) is 2.32. The van der Waals surface area contributed by atoms with E-state index < -0.39 is 0 Å². The van der Waals surface area contributed by atoms with E-state index in [9.17, 15) is 0 Å². The molecule has 2 aromatic heterocycles. The molecule has 0 aromatic carbocycles. The van der Waals surface area contributed by atoms with Gasteiger partial charge in [-0.2, -0.15) is 0 Å². The van der Waals surface area contributed by atoms with Gasteiger partial charge < -0.3 is 10.2 Å². The van der Waals surface area contributed by atoms with Crippen LogP contribution >= 0.6 is 11.3 Å². The first-order valence-electron chi connectivity index (χ1n) is 8.03. The second kappa shape index (κ2) is 5.54. The first kappa shape index (κ1) is 13.5. The summed E-state index contributed by atoms with van der Waals surface area (Å²) in [6, 6.07) is 1.23. The summed E-state index contributed by atoms with van der Waals surface area (Å²) < 4.78 is 1.26. The average molecular weight is 302 g/mol. The van der Waals surface area contributed by atoms with Gasteiger partial charge in [0.2, 0.25) is 0 Å². The molecule has 4 rings (SSSR count). The summed E-state index contributed by atoms with van der Waals surface area (Å²) in [5.41, 5.74) is 2.40. The molecular weight excluding hydrogens is 280 g/mol. The highest BCUT2D eigenvalue weighted by Gasteiger charge is 2.33. The van der Waals surface area contributed by atoms with Crippen LogP contribution in [0.2, 0.25) is 0 Å². The van der Waals surface area contributed by atoms with E-state index >= 15 is 0 Å². The fourth-order valence-electron chi connectivity index (χ4n) is 3.84. The van der Waals surface area contributed by atoms with Crippen molar-refractivity contribution >= 4 is 27.4 Å². The number of piperidine rings is 1. The fourth-order valence-corrected chi connectivity index (χ4v) is 4.85. The Labute approximate surface area is 129 Å². The lowest BCUT2D eigenvalue weighted by Crippen LogP contribution is -2.50. The number of anilines is 1. The SMILES string of the molecule is Cc1csc2c(N3CCCCC3C3CCCN3)ncnc12. The van der Waals surface area contributed by atoms with Crippen LogP contribution in [0.15, 0.2) is 11.7 Å². The van der Waals surface area contributed by atoms with Crippen molar-refractivity contribution in [2.75, 3.05) is 18.0 Å². The van der Waals surface area contributed by atoms with Crippen LogP contribution < -0.4 is 10.2 Å². The molecule has 4 nitrogen and oxygen atoms in total. The Bertz CT molecular complexity index is 632. The van der Waals surface area contributed by atoms with Crippen LogP contribution in [0.5, 0.6) is 0 Å². The molecule has 2 unspecified atom stereocenters. The summed E-state index contributed by atoms with van der Waals surface area (Å²) in [5, 5.41) is 5.90. The van der Waals surface area contributed by atoms with E-state index in [0.29, 0.717) is 12.1 Å². The Hall–Kier alpha value is -1.20. The number of hydrogen-bond acceptors (Lipinski definition) is 5. The Balaban J connectivity index is 1.74. The zero-order valence-electron chi connectivity index (χ0n) is 12.5. The molecule has 112 valence electrons. The number of aryl methyl sites for hydroxylation is 1. The second-order valence-electron chi connectivity index (χ2n) is 6.25. The highest BCUT2D eigenvalue weighted by atomic mass is 32.1. The molecule has 0 spiro atoms. The summed E-state index contributed by atoms with van der Waals surface area (Å²) in [5.74, 6) is 1.16. The van der Waals surface area contributed by atoms with Gasteiger partial charge in [0.1, 0.15) is 12.1 Å². The molecule has 0 amide bonds. The van der Waals surface area contributed by atoms with Crippen molar-refractivity contribution in [3.05, 3.63) is 17.3 Å². The molecule has 1 N–H and O–H groups in total.